The van der Waals surface area contributed by atoms with E-state index in [2.05, 4.69) is 5.32 Å². The molecule has 17 heavy (non-hydrogen) atoms. The molecule has 0 aliphatic heterocycles. The number of benzene rings is 1. The monoisotopic (exact) mass is 572 g/mol. The molecule has 0 saturated heterocycles. The minimum atomic E-state index is -1.11. The number of carboxylic acid groups (broad SMARTS) is 1. The first-order valence-corrected chi connectivity index (χ1v) is 7.93. The summed E-state index contributed by atoms with van der Waals surface area (Å²) in [6, 6.07) is 1.67. The first-order chi connectivity index (χ1) is 7.88. The summed E-state index contributed by atoms with van der Waals surface area (Å²) >= 11 is 5.80. The van der Waals surface area contributed by atoms with Gasteiger partial charge >= 0.3 is 5.97 Å². The van der Waals surface area contributed by atoms with E-state index in [0.29, 0.717) is 7.14 Å². The number of nitrogens with two attached hydrogens (primary N) is 1. The van der Waals surface area contributed by atoms with E-state index in [1.807, 2.05) is 67.8 Å². The van der Waals surface area contributed by atoms with Crippen LogP contribution < -0.4 is 11.1 Å². The zero-order valence-electron chi connectivity index (χ0n) is 8.26. The van der Waals surface area contributed by atoms with Gasteiger partial charge in [0, 0.05) is 7.14 Å². The predicted octanol–water partition coefficient (Wildman–Crippen LogP) is 2.55. The summed E-state index contributed by atoms with van der Waals surface area (Å²) in [5.41, 5.74) is 6.29. The fourth-order valence-electron chi connectivity index (χ4n) is 1.15. The van der Waals surface area contributed by atoms with E-state index in [4.69, 9.17) is 10.8 Å². The van der Waals surface area contributed by atoms with Crippen LogP contribution in [0.4, 0.5) is 11.4 Å². The van der Waals surface area contributed by atoms with Gasteiger partial charge in [0.1, 0.15) is 0 Å². The molecule has 0 aliphatic carbocycles. The Morgan fingerprint density at radius 2 is 1.94 bits per heavy atom. The van der Waals surface area contributed by atoms with Crippen molar-refractivity contribution in [2.24, 2.45) is 0 Å². The van der Waals surface area contributed by atoms with Crippen LogP contribution in [-0.4, -0.2) is 21.4 Å². The summed E-state index contributed by atoms with van der Waals surface area (Å²) in [7, 11) is 0. The smallest absolute Gasteiger partial charge is 0.338 e. The Morgan fingerprint density at radius 1 is 1.35 bits per heavy atom. The molecule has 0 unspecified atom stereocenters. The van der Waals surface area contributed by atoms with Gasteiger partial charge in [0.2, 0.25) is 5.91 Å². The summed E-state index contributed by atoms with van der Waals surface area (Å²) in [6.45, 7) is 0. The molecule has 0 radical (unpaired) electrons. The molecule has 0 atom stereocenters. The third-order valence-electron chi connectivity index (χ3n) is 1.87. The van der Waals surface area contributed by atoms with Crippen molar-refractivity contribution < 1.29 is 14.7 Å². The number of nitrogen functional groups attached to an aromatic ring is 1. The molecule has 1 aromatic carbocycles. The molecule has 8 heteroatoms. The average molecular weight is 572 g/mol. The lowest BCUT2D eigenvalue weighted by atomic mass is 10.1. The molecule has 4 N–H and O–H groups in total. The van der Waals surface area contributed by atoms with Crippen molar-refractivity contribution in [3.8, 4) is 0 Å². The maximum absolute atomic E-state index is 11.4. The molecule has 0 fully saturated rings. The normalized spacial score (nSPS) is 10.1. The number of hydrogen-bond acceptors (Lipinski definition) is 3. The first kappa shape index (κ1) is 15.2. The van der Waals surface area contributed by atoms with Crippen LogP contribution in [0.5, 0.6) is 0 Å². The van der Waals surface area contributed by atoms with E-state index in [1.165, 1.54) is 0 Å². The van der Waals surface area contributed by atoms with Gasteiger partial charge < -0.3 is 16.2 Å². The third kappa shape index (κ3) is 3.56. The van der Waals surface area contributed by atoms with Crippen molar-refractivity contribution >= 4 is 91.0 Å². The van der Waals surface area contributed by atoms with Gasteiger partial charge in [0.25, 0.3) is 0 Å². The number of carbonyl (C=O) groups excluding carboxylic acids is 1. The SMILES string of the molecule is Nc1c(I)cc(I)c(C(=O)O)c1NC(=O)CI. The van der Waals surface area contributed by atoms with E-state index >= 15 is 0 Å². The minimum absolute atomic E-state index is 0.0294. The highest BCUT2D eigenvalue weighted by molar-refractivity contribution is 14.1. The maximum atomic E-state index is 11.4. The Morgan fingerprint density at radius 3 is 2.41 bits per heavy atom. The summed E-state index contributed by atoms with van der Waals surface area (Å²) in [5, 5.41) is 11.7. The number of rotatable bonds is 3. The summed E-state index contributed by atoms with van der Waals surface area (Å²) in [6.07, 6.45) is 0. The molecule has 1 aromatic rings. The van der Waals surface area contributed by atoms with Crippen molar-refractivity contribution in [3.05, 3.63) is 18.8 Å². The van der Waals surface area contributed by atoms with Gasteiger partial charge in [-0.25, -0.2) is 4.79 Å². The number of carbonyl (C=O) groups is 2. The highest BCUT2D eigenvalue weighted by Gasteiger charge is 2.20. The van der Waals surface area contributed by atoms with Crippen LogP contribution in [0.15, 0.2) is 6.07 Å². The number of carboxylic acids is 1. The second kappa shape index (κ2) is 6.36. The van der Waals surface area contributed by atoms with E-state index in [-0.39, 0.29) is 27.3 Å². The molecule has 0 saturated carbocycles. The Balaban J connectivity index is 3.42. The maximum Gasteiger partial charge on any atom is 0.338 e. The number of anilines is 2. The van der Waals surface area contributed by atoms with Gasteiger partial charge in [-0.3, -0.25) is 4.79 Å². The fraction of sp³-hybridized carbons (Fsp3) is 0.111. The van der Waals surface area contributed by atoms with E-state index in [9.17, 15) is 9.59 Å². The number of aromatic carboxylic acids is 1. The van der Waals surface area contributed by atoms with Crippen LogP contribution >= 0.6 is 67.8 Å². The minimum Gasteiger partial charge on any atom is -0.478 e. The third-order valence-corrected chi connectivity index (χ3v) is 4.30. The lowest BCUT2D eigenvalue weighted by Crippen LogP contribution is -2.18. The van der Waals surface area contributed by atoms with Crippen molar-refractivity contribution in [3.63, 3.8) is 0 Å². The van der Waals surface area contributed by atoms with Crippen molar-refractivity contribution in [2.45, 2.75) is 0 Å². The molecule has 5 nitrogen and oxygen atoms in total. The van der Waals surface area contributed by atoms with Crippen molar-refractivity contribution in [1.29, 1.82) is 0 Å². The molecule has 0 aromatic heterocycles. The van der Waals surface area contributed by atoms with Crippen LogP contribution in [-0.2, 0) is 4.79 Å². The molecule has 1 amide bonds. The summed E-state index contributed by atoms with van der Waals surface area (Å²) < 4.78 is 1.48. The number of hydrogen-bond donors (Lipinski definition) is 3. The molecule has 0 spiro atoms. The lowest BCUT2D eigenvalue weighted by molar-refractivity contribution is -0.113. The number of halogens is 3. The molecule has 0 bridgehead atoms. The predicted molar refractivity (Wildman–Crippen MR) is 90.8 cm³/mol. The topological polar surface area (TPSA) is 92.4 Å². The Kier molecular flexibility index (Phi) is 5.69. The number of nitrogens with one attached hydrogen (secondary N) is 1. The average Bonchev–Trinajstić information content (AvgIpc) is 2.24. The largest absolute Gasteiger partial charge is 0.478 e. The standard InChI is InChI=1S/C9H7I3N2O3/c10-2-5(15)14-8-6(9(16)17)3(11)1-4(12)7(8)13/h1H,2,13H2,(H,14,15)(H,16,17). The fourth-order valence-corrected chi connectivity index (χ4v) is 3.33. The molecular weight excluding hydrogens is 565 g/mol. The Bertz CT molecular complexity index is 491. The van der Waals surface area contributed by atoms with E-state index < -0.39 is 5.97 Å². The number of alkyl halides is 1. The molecular formula is C9H7I3N2O3. The second-order valence-electron chi connectivity index (χ2n) is 2.99. The van der Waals surface area contributed by atoms with Crippen LogP contribution in [0.3, 0.4) is 0 Å². The van der Waals surface area contributed by atoms with E-state index in [0.717, 1.165) is 0 Å². The highest BCUT2D eigenvalue weighted by atomic mass is 127. The van der Waals surface area contributed by atoms with Gasteiger partial charge in [-0.15, -0.1) is 0 Å². The lowest BCUT2D eigenvalue weighted by Gasteiger charge is -2.13. The summed E-state index contributed by atoms with van der Waals surface area (Å²) in [5.74, 6) is -1.39. The van der Waals surface area contributed by atoms with Gasteiger partial charge in [-0.1, -0.05) is 22.6 Å². The molecule has 0 heterocycles. The summed E-state index contributed by atoms with van der Waals surface area (Å²) in [4.78, 5) is 22.5. The molecule has 92 valence electrons. The zero-order valence-corrected chi connectivity index (χ0v) is 14.7. The van der Waals surface area contributed by atoms with Gasteiger partial charge in [-0.05, 0) is 51.2 Å². The molecule has 1 rings (SSSR count). The second-order valence-corrected chi connectivity index (χ2v) is 6.08. The first-order valence-electron chi connectivity index (χ1n) is 4.25. The quantitative estimate of drug-likeness (QED) is 0.295. The van der Waals surface area contributed by atoms with Gasteiger partial charge in [-0.2, -0.15) is 0 Å². The van der Waals surface area contributed by atoms with Gasteiger partial charge in [0.05, 0.1) is 21.4 Å². The Hall–Kier alpha value is 0.150. The Labute approximate surface area is 138 Å². The number of amides is 1. The zero-order chi connectivity index (χ0) is 13.2. The van der Waals surface area contributed by atoms with E-state index in [1.54, 1.807) is 6.07 Å². The molecule has 0 aliphatic rings. The highest BCUT2D eigenvalue weighted by Crippen LogP contribution is 2.32. The van der Waals surface area contributed by atoms with Crippen molar-refractivity contribution in [1.82, 2.24) is 0 Å². The van der Waals surface area contributed by atoms with Crippen LogP contribution in [0.25, 0.3) is 0 Å². The van der Waals surface area contributed by atoms with Crippen LogP contribution in [0, 0.1) is 7.14 Å². The van der Waals surface area contributed by atoms with Gasteiger partial charge in [0.15, 0.2) is 0 Å². The van der Waals surface area contributed by atoms with Crippen LogP contribution in [0.2, 0.25) is 0 Å². The van der Waals surface area contributed by atoms with Crippen LogP contribution in [0.1, 0.15) is 10.4 Å². The van der Waals surface area contributed by atoms with Crippen molar-refractivity contribution in [2.75, 3.05) is 15.5 Å².